The number of fused-ring (bicyclic) bond motifs is 1. The summed E-state index contributed by atoms with van der Waals surface area (Å²) in [5.74, 6) is -1.44. The summed E-state index contributed by atoms with van der Waals surface area (Å²) in [6.45, 7) is 1.86. The summed E-state index contributed by atoms with van der Waals surface area (Å²) in [5.41, 5.74) is 0.986. The lowest BCUT2D eigenvalue weighted by molar-refractivity contribution is -0.141. The molecule has 0 bridgehead atoms. The van der Waals surface area contributed by atoms with E-state index >= 15 is 0 Å². The average molecular weight is 344 g/mol. The molecule has 2 aromatic rings. The maximum absolute atomic E-state index is 11.9. The summed E-state index contributed by atoms with van der Waals surface area (Å²) in [6.07, 6.45) is 4.30. The lowest BCUT2D eigenvalue weighted by Crippen LogP contribution is -2.41. The third kappa shape index (κ3) is 3.90. The van der Waals surface area contributed by atoms with Gasteiger partial charge < -0.3 is 14.8 Å². The Morgan fingerprint density at radius 1 is 1.41 bits per heavy atom. The number of carboxylic acid groups (broad SMARTS) is 1. The Labute approximate surface area is 137 Å². The number of carbonyl (C=O) groups excluding carboxylic acids is 1. The number of halogens is 2. The van der Waals surface area contributed by atoms with Crippen LogP contribution < -0.4 is 5.32 Å². The molecule has 0 aliphatic rings. The molecule has 0 fully saturated rings. The van der Waals surface area contributed by atoms with Gasteiger partial charge in [0.1, 0.15) is 6.04 Å². The number of nitrogens with zero attached hydrogens (tertiary/aromatic N) is 2. The first-order valence-corrected chi connectivity index (χ1v) is 7.51. The summed E-state index contributed by atoms with van der Waals surface area (Å²) in [5, 5.41) is 12.4. The van der Waals surface area contributed by atoms with E-state index in [1.165, 1.54) is 0 Å². The smallest absolute Gasteiger partial charge is 0.326 e. The van der Waals surface area contributed by atoms with Crippen molar-refractivity contribution < 1.29 is 14.7 Å². The van der Waals surface area contributed by atoms with Crippen molar-refractivity contribution in [1.29, 1.82) is 0 Å². The Morgan fingerprint density at radius 2 is 2.14 bits per heavy atom. The number of pyridine rings is 1. The molecule has 6 nitrogen and oxygen atoms in total. The summed E-state index contributed by atoms with van der Waals surface area (Å²) >= 11 is 11.9. The number of aliphatic carboxylic acids is 1. The first-order chi connectivity index (χ1) is 10.4. The lowest BCUT2D eigenvalue weighted by atomic mass is 10.1. The van der Waals surface area contributed by atoms with Crippen LogP contribution in [0.5, 0.6) is 0 Å². The van der Waals surface area contributed by atoms with Gasteiger partial charge in [-0.1, -0.05) is 36.5 Å². The van der Waals surface area contributed by atoms with E-state index in [1.54, 1.807) is 22.9 Å². The molecule has 1 atom stereocenters. The molecule has 0 saturated carbocycles. The fourth-order valence-corrected chi connectivity index (χ4v) is 2.64. The van der Waals surface area contributed by atoms with E-state index in [4.69, 9.17) is 28.3 Å². The highest BCUT2D eigenvalue weighted by Gasteiger charge is 2.19. The van der Waals surface area contributed by atoms with E-state index in [-0.39, 0.29) is 6.42 Å². The summed E-state index contributed by atoms with van der Waals surface area (Å²) in [6, 6.07) is 0.685. The Morgan fingerprint density at radius 3 is 2.77 bits per heavy atom. The topological polar surface area (TPSA) is 83.7 Å². The number of imidazole rings is 1. The van der Waals surface area contributed by atoms with E-state index in [1.807, 2.05) is 6.92 Å². The highest BCUT2D eigenvalue weighted by atomic mass is 35.5. The summed E-state index contributed by atoms with van der Waals surface area (Å²) < 4.78 is 1.63. The monoisotopic (exact) mass is 343 g/mol. The van der Waals surface area contributed by atoms with Crippen molar-refractivity contribution in [2.45, 2.75) is 32.2 Å². The molecule has 118 valence electrons. The van der Waals surface area contributed by atoms with Crippen molar-refractivity contribution in [3.63, 3.8) is 0 Å². The van der Waals surface area contributed by atoms with Gasteiger partial charge in [-0.3, -0.25) is 4.79 Å². The largest absolute Gasteiger partial charge is 0.480 e. The number of aromatic nitrogens is 2. The Kier molecular flexibility index (Phi) is 5.26. The van der Waals surface area contributed by atoms with Gasteiger partial charge in [0.15, 0.2) is 5.65 Å². The second kappa shape index (κ2) is 6.98. The Balaban J connectivity index is 2.11. The lowest BCUT2D eigenvalue weighted by Gasteiger charge is -2.12. The second-order valence-electron chi connectivity index (χ2n) is 4.89. The third-order valence-corrected chi connectivity index (χ3v) is 3.56. The number of carboxylic acids is 1. The SMILES string of the molecule is CCCC(NC(=O)Cc1cn2cc(Cl)cc(Cl)c2n1)C(=O)O. The van der Waals surface area contributed by atoms with E-state index in [2.05, 4.69) is 10.3 Å². The maximum Gasteiger partial charge on any atom is 0.326 e. The van der Waals surface area contributed by atoms with E-state index < -0.39 is 17.9 Å². The van der Waals surface area contributed by atoms with Crippen molar-refractivity contribution in [1.82, 2.24) is 14.7 Å². The second-order valence-corrected chi connectivity index (χ2v) is 5.74. The molecular weight excluding hydrogens is 329 g/mol. The molecule has 22 heavy (non-hydrogen) atoms. The number of nitrogens with one attached hydrogen (secondary N) is 1. The molecular formula is C14H15Cl2N3O3. The molecule has 0 aliphatic heterocycles. The highest BCUT2D eigenvalue weighted by molar-refractivity contribution is 6.36. The molecule has 0 radical (unpaired) electrons. The maximum atomic E-state index is 11.9. The quantitative estimate of drug-likeness (QED) is 0.844. The van der Waals surface area contributed by atoms with Gasteiger partial charge in [0, 0.05) is 12.4 Å². The van der Waals surface area contributed by atoms with Crippen molar-refractivity contribution in [3.8, 4) is 0 Å². The molecule has 0 saturated heterocycles. The predicted octanol–water partition coefficient (Wildman–Crippen LogP) is 2.55. The van der Waals surface area contributed by atoms with Gasteiger partial charge in [0.05, 0.1) is 22.2 Å². The molecule has 0 spiro atoms. The first-order valence-electron chi connectivity index (χ1n) is 6.75. The summed E-state index contributed by atoms with van der Waals surface area (Å²) in [7, 11) is 0. The normalized spacial score (nSPS) is 12.3. The van der Waals surface area contributed by atoms with Crippen molar-refractivity contribution in [2.75, 3.05) is 0 Å². The number of rotatable bonds is 6. The molecule has 2 rings (SSSR count). The Bertz CT molecular complexity index is 715. The molecule has 2 heterocycles. The average Bonchev–Trinajstić information content (AvgIpc) is 2.80. The molecule has 2 aromatic heterocycles. The fourth-order valence-electron chi connectivity index (χ4n) is 2.12. The van der Waals surface area contributed by atoms with Crippen molar-refractivity contribution in [3.05, 3.63) is 34.2 Å². The highest BCUT2D eigenvalue weighted by Crippen LogP contribution is 2.21. The third-order valence-electron chi connectivity index (χ3n) is 3.08. The molecule has 0 aliphatic carbocycles. The van der Waals surface area contributed by atoms with Crippen molar-refractivity contribution in [2.24, 2.45) is 0 Å². The number of hydrogen-bond acceptors (Lipinski definition) is 3. The number of amides is 1. The standard InChI is InChI=1S/C14H15Cl2N3O3/c1-2-3-11(14(21)22)18-12(20)5-9-7-19-6-8(15)4-10(16)13(19)17-9/h4,6-7,11H,2-3,5H2,1H3,(H,18,20)(H,21,22). The number of carbonyl (C=O) groups is 2. The van der Waals surface area contributed by atoms with E-state index in [9.17, 15) is 9.59 Å². The fraction of sp³-hybridized carbons (Fsp3) is 0.357. The minimum absolute atomic E-state index is 0.0247. The Hall–Kier alpha value is -1.79. The van der Waals surface area contributed by atoms with Gasteiger partial charge in [-0.2, -0.15) is 0 Å². The zero-order chi connectivity index (χ0) is 16.3. The van der Waals surface area contributed by atoms with Crippen LogP contribution in [-0.2, 0) is 16.0 Å². The van der Waals surface area contributed by atoms with E-state index in [0.29, 0.717) is 34.2 Å². The summed E-state index contributed by atoms with van der Waals surface area (Å²) in [4.78, 5) is 27.2. The van der Waals surface area contributed by atoms with Crippen LogP contribution in [0.4, 0.5) is 0 Å². The van der Waals surface area contributed by atoms with Crippen LogP contribution in [0.1, 0.15) is 25.5 Å². The van der Waals surface area contributed by atoms with Gasteiger partial charge in [0.25, 0.3) is 0 Å². The zero-order valence-electron chi connectivity index (χ0n) is 11.8. The van der Waals surface area contributed by atoms with Crippen LogP contribution in [-0.4, -0.2) is 32.4 Å². The molecule has 8 heteroatoms. The van der Waals surface area contributed by atoms with Gasteiger partial charge in [-0.25, -0.2) is 9.78 Å². The minimum atomic E-state index is -1.04. The van der Waals surface area contributed by atoms with Gasteiger partial charge in [0.2, 0.25) is 5.91 Å². The van der Waals surface area contributed by atoms with Gasteiger partial charge in [-0.15, -0.1) is 0 Å². The molecule has 2 N–H and O–H groups in total. The molecule has 1 unspecified atom stereocenters. The molecule has 0 aromatic carbocycles. The van der Waals surface area contributed by atoms with Crippen LogP contribution in [0.3, 0.4) is 0 Å². The van der Waals surface area contributed by atoms with Crippen LogP contribution >= 0.6 is 23.2 Å². The van der Waals surface area contributed by atoms with Gasteiger partial charge >= 0.3 is 5.97 Å². The minimum Gasteiger partial charge on any atom is -0.480 e. The zero-order valence-corrected chi connectivity index (χ0v) is 13.4. The predicted molar refractivity (Wildman–Crippen MR) is 83.4 cm³/mol. The van der Waals surface area contributed by atoms with Crippen molar-refractivity contribution >= 4 is 40.7 Å². The van der Waals surface area contributed by atoms with Crippen LogP contribution in [0.15, 0.2) is 18.5 Å². The van der Waals surface area contributed by atoms with E-state index in [0.717, 1.165) is 0 Å². The number of hydrogen-bond donors (Lipinski definition) is 2. The van der Waals surface area contributed by atoms with Crippen LogP contribution in [0, 0.1) is 0 Å². The van der Waals surface area contributed by atoms with Crippen LogP contribution in [0.2, 0.25) is 10.0 Å². The van der Waals surface area contributed by atoms with Gasteiger partial charge in [-0.05, 0) is 12.5 Å². The van der Waals surface area contributed by atoms with Crippen LogP contribution in [0.25, 0.3) is 5.65 Å². The first kappa shape index (κ1) is 16.6. The molecule has 1 amide bonds.